The summed E-state index contributed by atoms with van der Waals surface area (Å²) in [5.41, 5.74) is 3.71. The Bertz CT molecular complexity index is 1150. The monoisotopic (exact) mass is 434 g/mol. The topological polar surface area (TPSA) is 75.0 Å². The van der Waals surface area contributed by atoms with Crippen molar-refractivity contribution >= 4 is 22.9 Å². The van der Waals surface area contributed by atoms with E-state index in [-0.39, 0.29) is 11.5 Å². The van der Waals surface area contributed by atoms with E-state index >= 15 is 0 Å². The van der Waals surface area contributed by atoms with Gasteiger partial charge in [0.25, 0.3) is 5.91 Å². The van der Waals surface area contributed by atoms with Gasteiger partial charge in [0.15, 0.2) is 5.65 Å². The minimum absolute atomic E-state index is 0.206. The van der Waals surface area contributed by atoms with E-state index in [9.17, 15) is 4.79 Å². The van der Waals surface area contributed by atoms with Gasteiger partial charge in [-0.25, -0.2) is 9.50 Å². The van der Waals surface area contributed by atoms with Crippen molar-refractivity contribution in [3.8, 4) is 5.75 Å². The highest BCUT2D eigenvalue weighted by Crippen LogP contribution is 2.42. The molecule has 1 aromatic carbocycles. The number of fused-ring (bicyclic) bond motifs is 2. The predicted octanol–water partition coefficient (Wildman–Crippen LogP) is 3.23. The number of amides is 1. The summed E-state index contributed by atoms with van der Waals surface area (Å²) in [5.74, 6) is 0.708. The lowest BCUT2D eigenvalue weighted by Gasteiger charge is -2.37. The Kier molecular flexibility index (Phi) is 5.25. The van der Waals surface area contributed by atoms with Crippen molar-refractivity contribution in [2.24, 2.45) is 0 Å². The molecule has 1 fully saturated rings. The Hall–Kier alpha value is -3.13. The first-order chi connectivity index (χ1) is 15.4. The second-order valence-electron chi connectivity index (χ2n) is 9.24. The summed E-state index contributed by atoms with van der Waals surface area (Å²) in [6.07, 6.45) is 7.00. The van der Waals surface area contributed by atoms with Crippen LogP contribution in [0.2, 0.25) is 0 Å². The summed E-state index contributed by atoms with van der Waals surface area (Å²) in [6.45, 7) is 11.4. The van der Waals surface area contributed by atoms with Crippen LogP contribution >= 0.6 is 0 Å². The van der Waals surface area contributed by atoms with Crippen LogP contribution < -0.4 is 15.0 Å². The molecule has 0 aliphatic carbocycles. The number of benzene rings is 1. The zero-order chi connectivity index (χ0) is 22.3. The Labute approximate surface area is 188 Å². The van der Waals surface area contributed by atoms with Gasteiger partial charge in [0.05, 0.1) is 17.6 Å². The molecule has 1 amide bonds. The number of aromatic nitrogens is 3. The standard InChI is InChI=1S/C24H30N6O2/c1-4-7-28-9-11-29(12-10-28)20-14-21-17(15-24(2,3)32-21)13-19(20)27-23(31)18-16-26-30-8-5-6-25-22(18)30/h5-6,8,13-14,16H,4,7,9-12,15H2,1-3H3,(H,27,31). The van der Waals surface area contributed by atoms with E-state index < -0.39 is 0 Å². The highest BCUT2D eigenvalue weighted by Gasteiger charge is 2.32. The van der Waals surface area contributed by atoms with Gasteiger partial charge >= 0.3 is 0 Å². The minimum atomic E-state index is -0.242. The maximum Gasteiger partial charge on any atom is 0.261 e. The molecule has 0 saturated carbocycles. The number of ether oxygens (including phenoxy) is 1. The molecular formula is C24H30N6O2. The lowest BCUT2D eigenvalue weighted by molar-refractivity contribution is 0.102. The molecule has 32 heavy (non-hydrogen) atoms. The van der Waals surface area contributed by atoms with Crippen LogP contribution in [-0.4, -0.2) is 63.7 Å². The van der Waals surface area contributed by atoms with Gasteiger partial charge in [-0.3, -0.25) is 9.69 Å². The first kappa shape index (κ1) is 20.8. The van der Waals surface area contributed by atoms with Gasteiger partial charge in [0.2, 0.25) is 0 Å². The first-order valence-corrected chi connectivity index (χ1v) is 11.4. The molecule has 8 nitrogen and oxygen atoms in total. The van der Waals surface area contributed by atoms with Gasteiger partial charge in [0, 0.05) is 56.6 Å². The number of nitrogens with zero attached hydrogens (tertiary/aromatic N) is 5. The minimum Gasteiger partial charge on any atom is -0.487 e. The molecule has 2 aliphatic rings. The van der Waals surface area contributed by atoms with Gasteiger partial charge in [-0.05, 0) is 38.9 Å². The smallest absolute Gasteiger partial charge is 0.261 e. The molecule has 8 heteroatoms. The average Bonchev–Trinajstić information content (AvgIpc) is 3.33. The Balaban J connectivity index is 1.46. The summed E-state index contributed by atoms with van der Waals surface area (Å²) >= 11 is 0. The number of piperazine rings is 1. The number of hydrogen-bond donors (Lipinski definition) is 1. The zero-order valence-electron chi connectivity index (χ0n) is 19.0. The fourth-order valence-corrected chi connectivity index (χ4v) is 4.71. The third-order valence-corrected chi connectivity index (χ3v) is 6.21. The summed E-state index contributed by atoms with van der Waals surface area (Å²) < 4.78 is 7.82. The van der Waals surface area contributed by atoms with E-state index in [2.05, 4.69) is 58.1 Å². The van der Waals surface area contributed by atoms with Crippen molar-refractivity contribution in [3.05, 3.63) is 47.9 Å². The number of rotatable bonds is 5. The van der Waals surface area contributed by atoms with E-state index in [1.165, 1.54) is 0 Å². The highest BCUT2D eigenvalue weighted by molar-refractivity contribution is 6.09. The molecule has 3 aromatic rings. The number of anilines is 2. The second-order valence-corrected chi connectivity index (χ2v) is 9.24. The molecule has 1 N–H and O–H groups in total. The molecule has 1 saturated heterocycles. The molecule has 168 valence electrons. The molecular weight excluding hydrogens is 404 g/mol. The first-order valence-electron chi connectivity index (χ1n) is 11.4. The molecule has 4 heterocycles. The van der Waals surface area contributed by atoms with Crippen LogP contribution in [-0.2, 0) is 6.42 Å². The number of carbonyl (C=O) groups excluding carboxylic acids is 1. The molecule has 0 atom stereocenters. The maximum absolute atomic E-state index is 13.2. The van der Waals surface area contributed by atoms with Crippen LogP contribution in [0.3, 0.4) is 0 Å². The molecule has 2 aromatic heterocycles. The van der Waals surface area contributed by atoms with E-state index in [0.29, 0.717) is 11.2 Å². The Morgan fingerprint density at radius 2 is 2.03 bits per heavy atom. The van der Waals surface area contributed by atoms with Crippen molar-refractivity contribution in [2.45, 2.75) is 39.2 Å². The van der Waals surface area contributed by atoms with E-state index in [4.69, 9.17) is 4.74 Å². The van der Waals surface area contributed by atoms with E-state index in [1.54, 1.807) is 29.2 Å². The van der Waals surface area contributed by atoms with Crippen LogP contribution in [0.1, 0.15) is 43.1 Å². The van der Waals surface area contributed by atoms with Gasteiger partial charge in [-0.15, -0.1) is 0 Å². The number of nitrogens with one attached hydrogen (secondary N) is 1. The quantitative estimate of drug-likeness (QED) is 0.665. The lowest BCUT2D eigenvalue weighted by atomic mass is 10.0. The lowest BCUT2D eigenvalue weighted by Crippen LogP contribution is -2.46. The number of carbonyl (C=O) groups is 1. The van der Waals surface area contributed by atoms with Crippen LogP contribution in [0.25, 0.3) is 5.65 Å². The SMILES string of the molecule is CCCN1CCN(c2cc3c(cc2NC(=O)c2cnn4cccnc24)CC(C)(C)O3)CC1. The van der Waals surface area contributed by atoms with Crippen LogP contribution in [0.4, 0.5) is 11.4 Å². The number of hydrogen-bond acceptors (Lipinski definition) is 6. The molecule has 0 unspecified atom stereocenters. The molecule has 0 radical (unpaired) electrons. The van der Waals surface area contributed by atoms with Crippen molar-refractivity contribution < 1.29 is 9.53 Å². The Morgan fingerprint density at radius 3 is 2.81 bits per heavy atom. The predicted molar refractivity (Wildman–Crippen MR) is 125 cm³/mol. The summed E-state index contributed by atoms with van der Waals surface area (Å²) in [7, 11) is 0. The van der Waals surface area contributed by atoms with Gasteiger partial charge in [-0.2, -0.15) is 5.10 Å². The largest absolute Gasteiger partial charge is 0.487 e. The zero-order valence-corrected chi connectivity index (χ0v) is 19.0. The van der Waals surface area contributed by atoms with Crippen molar-refractivity contribution in [1.82, 2.24) is 19.5 Å². The van der Waals surface area contributed by atoms with Gasteiger partial charge in [0.1, 0.15) is 16.9 Å². The van der Waals surface area contributed by atoms with E-state index in [0.717, 1.165) is 68.3 Å². The molecule has 2 aliphatic heterocycles. The molecule has 0 bridgehead atoms. The third kappa shape index (κ3) is 3.90. The maximum atomic E-state index is 13.2. The highest BCUT2D eigenvalue weighted by atomic mass is 16.5. The van der Waals surface area contributed by atoms with E-state index in [1.807, 2.05) is 0 Å². The molecule has 5 rings (SSSR count). The van der Waals surface area contributed by atoms with Crippen LogP contribution in [0, 0.1) is 0 Å². The average molecular weight is 435 g/mol. The van der Waals surface area contributed by atoms with Crippen molar-refractivity contribution in [1.29, 1.82) is 0 Å². The van der Waals surface area contributed by atoms with Crippen molar-refractivity contribution in [3.63, 3.8) is 0 Å². The van der Waals surface area contributed by atoms with Crippen molar-refractivity contribution in [2.75, 3.05) is 42.9 Å². The fraction of sp³-hybridized carbons (Fsp3) is 0.458. The molecule has 0 spiro atoms. The summed E-state index contributed by atoms with van der Waals surface area (Å²) in [5, 5.41) is 7.41. The fourth-order valence-electron chi connectivity index (χ4n) is 4.71. The van der Waals surface area contributed by atoms with Crippen LogP contribution in [0.5, 0.6) is 5.75 Å². The summed E-state index contributed by atoms with van der Waals surface area (Å²) in [6, 6.07) is 5.97. The normalized spacial score (nSPS) is 17.9. The van der Waals surface area contributed by atoms with Gasteiger partial charge < -0.3 is 15.0 Å². The second kappa shape index (κ2) is 8.09. The third-order valence-electron chi connectivity index (χ3n) is 6.21. The summed E-state index contributed by atoms with van der Waals surface area (Å²) in [4.78, 5) is 22.4. The van der Waals surface area contributed by atoms with Crippen LogP contribution in [0.15, 0.2) is 36.8 Å². The Morgan fingerprint density at radius 1 is 1.22 bits per heavy atom. The van der Waals surface area contributed by atoms with Gasteiger partial charge in [-0.1, -0.05) is 6.92 Å².